The second-order valence-corrected chi connectivity index (χ2v) is 6.70. The Kier molecular flexibility index (Phi) is 8.76. The maximum Gasteiger partial charge on any atom is 0.251 e. The van der Waals surface area contributed by atoms with E-state index in [2.05, 4.69) is 15.8 Å². The lowest BCUT2D eigenvalue weighted by Gasteiger charge is -2.12. The number of amides is 2. The molecular formula is C20H21Cl2N3O5. The van der Waals surface area contributed by atoms with Crippen LogP contribution in [-0.2, 0) is 4.79 Å². The van der Waals surface area contributed by atoms with E-state index in [0.29, 0.717) is 33.4 Å². The fraction of sp³-hybridized carbons (Fsp3) is 0.250. The molecule has 2 amide bonds. The standard InChI is InChI=1S/C20H21Cl2N3O5/c1-28-16-8-12(9-17(29-2)19(16)30-3)11-24-25-18(26)6-7-23-20(27)13-4-5-14(21)15(22)10-13/h4-5,8-11H,6-7H2,1-3H3,(H,23,27)(H,25,26). The summed E-state index contributed by atoms with van der Waals surface area (Å²) in [4.78, 5) is 24.0. The molecule has 0 saturated heterocycles. The number of ether oxygens (including phenoxy) is 3. The van der Waals surface area contributed by atoms with Gasteiger partial charge in [-0.1, -0.05) is 23.2 Å². The van der Waals surface area contributed by atoms with Crippen molar-refractivity contribution < 1.29 is 23.8 Å². The Labute approximate surface area is 184 Å². The Balaban J connectivity index is 1.86. The van der Waals surface area contributed by atoms with Crippen LogP contribution in [0.15, 0.2) is 35.4 Å². The third-order valence-electron chi connectivity index (χ3n) is 3.91. The molecule has 0 heterocycles. The molecule has 0 aliphatic carbocycles. The summed E-state index contributed by atoms with van der Waals surface area (Å²) < 4.78 is 15.8. The van der Waals surface area contributed by atoms with Crippen LogP contribution in [0.2, 0.25) is 10.0 Å². The van der Waals surface area contributed by atoms with Gasteiger partial charge in [-0.15, -0.1) is 0 Å². The SMILES string of the molecule is COc1cc(C=NNC(=O)CCNC(=O)c2ccc(Cl)c(Cl)c2)cc(OC)c1OC. The average Bonchev–Trinajstić information content (AvgIpc) is 2.74. The molecule has 0 radical (unpaired) electrons. The number of methoxy groups -OCH3 is 3. The highest BCUT2D eigenvalue weighted by Gasteiger charge is 2.12. The molecule has 0 aromatic heterocycles. The van der Waals surface area contributed by atoms with Crippen LogP contribution in [0.3, 0.4) is 0 Å². The van der Waals surface area contributed by atoms with Crippen LogP contribution < -0.4 is 25.0 Å². The van der Waals surface area contributed by atoms with Gasteiger partial charge in [0, 0.05) is 24.1 Å². The van der Waals surface area contributed by atoms with E-state index in [1.807, 2.05) is 0 Å². The number of benzene rings is 2. The number of rotatable bonds is 9. The van der Waals surface area contributed by atoms with Crippen molar-refractivity contribution in [1.82, 2.24) is 10.7 Å². The van der Waals surface area contributed by atoms with Crippen molar-refractivity contribution in [2.45, 2.75) is 6.42 Å². The van der Waals surface area contributed by atoms with Crippen molar-refractivity contribution in [1.29, 1.82) is 0 Å². The molecule has 2 aromatic rings. The van der Waals surface area contributed by atoms with Crippen LogP contribution in [0.1, 0.15) is 22.3 Å². The highest BCUT2D eigenvalue weighted by Crippen LogP contribution is 2.37. The van der Waals surface area contributed by atoms with Gasteiger partial charge in [-0.05, 0) is 30.3 Å². The molecule has 0 unspecified atom stereocenters. The van der Waals surface area contributed by atoms with Crippen LogP contribution in [0.4, 0.5) is 0 Å². The van der Waals surface area contributed by atoms with Gasteiger partial charge in [-0.25, -0.2) is 5.43 Å². The number of halogens is 2. The van der Waals surface area contributed by atoms with Crippen LogP contribution >= 0.6 is 23.2 Å². The molecule has 0 atom stereocenters. The van der Waals surface area contributed by atoms with Crippen molar-refractivity contribution in [2.24, 2.45) is 5.10 Å². The first-order valence-electron chi connectivity index (χ1n) is 8.74. The van der Waals surface area contributed by atoms with Crippen LogP contribution in [0.5, 0.6) is 17.2 Å². The van der Waals surface area contributed by atoms with Gasteiger partial charge >= 0.3 is 0 Å². The maximum atomic E-state index is 12.1. The second kappa shape index (κ2) is 11.3. The molecule has 2 aromatic carbocycles. The first-order valence-corrected chi connectivity index (χ1v) is 9.50. The largest absolute Gasteiger partial charge is 0.493 e. The molecule has 2 rings (SSSR count). The van der Waals surface area contributed by atoms with E-state index in [9.17, 15) is 9.59 Å². The number of carbonyl (C=O) groups is 2. The van der Waals surface area contributed by atoms with Crippen molar-refractivity contribution in [2.75, 3.05) is 27.9 Å². The van der Waals surface area contributed by atoms with E-state index >= 15 is 0 Å². The topological polar surface area (TPSA) is 98.2 Å². The molecule has 0 saturated carbocycles. The summed E-state index contributed by atoms with van der Waals surface area (Å²) in [6.45, 7) is 0.130. The smallest absolute Gasteiger partial charge is 0.251 e. The molecule has 0 spiro atoms. The molecule has 160 valence electrons. The first kappa shape index (κ1) is 23.3. The van der Waals surface area contributed by atoms with Gasteiger partial charge in [-0.3, -0.25) is 9.59 Å². The van der Waals surface area contributed by atoms with Gasteiger partial charge in [-0.2, -0.15) is 5.10 Å². The third-order valence-corrected chi connectivity index (χ3v) is 4.65. The Morgan fingerprint density at radius 2 is 1.67 bits per heavy atom. The Hall–Kier alpha value is -2.97. The van der Waals surface area contributed by atoms with E-state index < -0.39 is 0 Å². The third kappa shape index (κ3) is 6.27. The quantitative estimate of drug-likeness (QED) is 0.448. The lowest BCUT2D eigenvalue weighted by molar-refractivity contribution is -0.120. The minimum atomic E-state index is -0.367. The van der Waals surface area contributed by atoms with Crippen molar-refractivity contribution >= 4 is 41.2 Å². The van der Waals surface area contributed by atoms with E-state index in [-0.39, 0.29) is 29.8 Å². The zero-order valence-electron chi connectivity index (χ0n) is 16.6. The monoisotopic (exact) mass is 453 g/mol. The summed E-state index contributed by atoms with van der Waals surface area (Å²) in [6.07, 6.45) is 1.48. The summed E-state index contributed by atoms with van der Waals surface area (Å²) in [7, 11) is 4.52. The first-order chi connectivity index (χ1) is 14.4. The van der Waals surface area contributed by atoms with E-state index in [0.717, 1.165) is 0 Å². The highest BCUT2D eigenvalue weighted by atomic mass is 35.5. The van der Waals surface area contributed by atoms with Crippen molar-refractivity contribution in [3.63, 3.8) is 0 Å². The Morgan fingerprint density at radius 3 is 2.23 bits per heavy atom. The van der Waals surface area contributed by atoms with Gasteiger partial charge in [0.15, 0.2) is 11.5 Å². The van der Waals surface area contributed by atoms with E-state index in [1.165, 1.54) is 39.7 Å². The fourth-order valence-electron chi connectivity index (χ4n) is 2.44. The predicted molar refractivity (Wildman–Crippen MR) is 115 cm³/mol. The van der Waals surface area contributed by atoms with Gasteiger partial charge in [0.05, 0.1) is 37.6 Å². The van der Waals surface area contributed by atoms with Crippen LogP contribution in [-0.4, -0.2) is 45.9 Å². The predicted octanol–water partition coefficient (Wildman–Crippen LogP) is 3.29. The van der Waals surface area contributed by atoms with Crippen molar-refractivity contribution in [3.8, 4) is 17.2 Å². The van der Waals surface area contributed by atoms with Gasteiger partial charge in [0.1, 0.15) is 0 Å². The molecule has 30 heavy (non-hydrogen) atoms. The maximum absolute atomic E-state index is 12.1. The average molecular weight is 454 g/mol. The molecule has 0 aliphatic heterocycles. The number of carbonyl (C=O) groups excluding carboxylic acids is 2. The molecule has 2 N–H and O–H groups in total. The van der Waals surface area contributed by atoms with Crippen LogP contribution in [0.25, 0.3) is 0 Å². The summed E-state index contributed by atoms with van der Waals surface area (Å²) >= 11 is 11.7. The summed E-state index contributed by atoms with van der Waals surface area (Å²) in [6, 6.07) is 7.92. The summed E-state index contributed by atoms with van der Waals surface area (Å²) in [5.74, 6) is 0.665. The molecule has 0 fully saturated rings. The highest BCUT2D eigenvalue weighted by molar-refractivity contribution is 6.42. The molecule has 8 nitrogen and oxygen atoms in total. The zero-order valence-corrected chi connectivity index (χ0v) is 18.1. The number of nitrogens with one attached hydrogen (secondary N) is 2. The molecule has 0 aliphatic rings. The van der Waals surface area contributed by atoms with Gasteiger partial charge < -0.3 is 19.5 Å². The normalized spacial score (nSPS) is 10.6. The molecular weight excluding hydrogens is 433 g/mol. The lowest BCUT2D eigenvalue weighted by atomic mass is 10.2. The fourth-order valence-corrected chi connectivity index (χ4v) is 2.74. The zero-order chi connectivity index (χ0) is 22.1. The van der Waals surface area contributed by atoms with Gasteiger partial charge in [0.2, 0.25) is 11.7 Å². The number of nitrogens with zero attached hydrogens (tertiary/aromatic N) is 1. The van der Waals surface area contributed by atoms with E-state index in [1.54, 1.807) is 18.2 Å². The minimum absolute atomic E-state index is 0.0413. The number of hydrazone groups is 1. The van der Waals surface area contributed by atoms with Gasteiger partial charge in [0.25, 0.3) is 5.91 Å². The minimum Gasteiger partial charge on any atom is -0.493 e. The molecule has 10 heteroatoms. The van der Waals surface area contributed by atoms with Crippen LogP contribution in [0, 0.1) is 0 Å². The molecule has 0 bridgehead atoms. The van der Waals surface area contributed by atoms with E-state index in [4.69, 9.17) is 37.4 Å². The van der Waals surface area contributed by atoms with Crippen molar-refractivity contribution in [3.05, 3.63) is 51.5 Å². The number of hydrogen-bond donors (Lipinski definition) is 2. The second-order valence-electron chi connectivity index (χ2n) is 5.89. The summed E-state index contributed by atoms with van der Waals surface area (Å²) in [5, 5.41) is 7.17. The number of hydrogen-bond acceptors (Lipinski definition) is 6. The Morgan fingerprint density at radius 1 is 1.00 bits per heavy atom. The lowest BCUT2D eigenvalue weighted by Crippen LogP contribution is -2.29. The summed E-state index contributed by atoms with van der Waals surface area (Å²) in [5.41, 5.74) is 3.38. The Bertz CT molecular complexity index is 925.